The Bertz CT molecular complexity index is 211. The maximum absolute atomic E-state index is 8.42. The third-order valence-corrected chi connectivity index (χ3v) is 1.04. The molecule has 0 rings (SSSR count). The number of halogens is 1. The molecule has 0 aliphatic rings. The first-order valence-electron chi connectivity index (χ1n) is 3.64. The van der Waals surface area contributed by atoms with E-state index in [1.807, 2.05) is 20.8 Å². The highest BCUT2D eigenvalue weighted by Gasteiger charge is 2.03. The molecule has 0 radical (unpaired) electrons. The number of nitrogens with zero attached hydrogens (tertiary/aromatic N) is 1. The summed E-state index contributed by atoms with van der Waals surface area (Å²) in [5.41, 5.74) is 5.17. The Labute approximate surface area is 80.5 Å². The second-order valence-electron chi connectivity index (χ2n) is 3.26. The van der Waals surface area contributed by atoms with Crippen LogP contribution in [0.2, 0.25) is 0 Å². The van der Waals surface area contributed by atoms with Gasteiger partial charge in [-0.2, -0.15) is 5.26 Å². The highest BCUT2D eigenvalue weighted by Crippen LogP contribution is 1.98. The fourth-order valence-electron chi connectivity index (χ4n) is 0.478. The van der Waals surface area contributed by atoms with Crippen LogP contribution >= 0.6 is 12.4 Å². The molecule has 0 aromatic rings. The van der Waals surface area contributed by atoms with Gasteiger partial charge in [0.05, 0.1) is 17.5 Å². The van der Waals surface area contributed by atoms with Crippen molar-refractivity contribution in [2.75, 3.05) is 0 Å². The zero-order chi connectivity index (χ0) is 8.91. The average molecular weight is 187 g/mol. The molecule has 2 nitrogen and oxygen atoms in total. The SMILES string of the molecule is CC(C#N)CC#CC(C)(C)N.Cl. The van der Waals surface area contributed by atoms with Crippen LogP contribution in [0.15, 0.2) is 0 Å². The topological polar surface area (TPSA) is 49.8 Å². The molecule has 0 aliphatic carbocycles. The van der Waals surface area contributed by atoms with Crippen LogP contribution in [0.25, 0.3) is 0 Å². The van der Waals surface area contributed by atoms with E-state index in [2.05, 4.69) is 17.9 Å². The first-order valence-corrected chi connectivity index (χ1v) is 3.64. The van der Waals surface area contributed by atoms with E-state index in [0.717, 1.165) is 0 Å². The lowest BCUT2D eigenvalue weighted by atomic mass is 10.1. The molecule has 0 aromatic carbocycles. The number of hydrogen-bond acceptors (Lipinski definition) is 2. The van der Waals surface area contributed by atoms with Gasteiger partial charge in [-0.15, -0.1) is 18.3 Å². The zero-order valence-electron chi connectivity index (χ0n) is 7.72. The number of hydrogen-bond donors (Lipinski definition) is 1. The van der Waals surface area contributed by atoms with Gasteiger partial charge in [0.15, 0.2) is 0 Å². The van der Waals surface area contributed by atoms with E-state index in [4.69, 9.17) is 11.0 Å². The first-order chi connectivity index (χ1) is 4.95. The smallest absolute Gasteiger partial charge is 0.0719 e. The van der Waals surface area contributed by atoms with Crippen LogP contribution in [0.3, 0.4) is 0 Å². The van der Waals surface area contributed by atoms with Crippen molar-refractivity contribution < 1.29 is 0 Å². The van der Waals surface area contributed by atoms with Crippen LogP contribution < -0.4 is 5.73 Å². The highest BCUT2D eigenvalue weighted by atomic mass is 35.5. The van der Waals surface area contributed by atoms with Gasteiger partial charge >= 0.3 is 0 Å². The minimum Gasteiger partial charge on any atom is -0.316 e. The third kappa shape index (κ3) is 9.30. The molecule has 68 valence electrons. The quantitative estimate of drug-likeness (QED) is 0.634. The van der Waals surface area contributed by atoms with Crippen molar-refractivity contribution in [2.24, 2.45) is 11.7 Å². The summed E-state index contributed by atoms with van der Waals surface area (Å²) in [7, 11) is 0. The molecule has 2 N–H and O–H groups in total. The molecule has 0 bridgehead atoms. The van der Waals surface area contributed by atoms with Crippen LogP contribution in [0.4, 0.5) is 0 Å². The molecule has 12 heavy (non-hydrogen) atoms. The van der Waals surface area contributed by atoms with Crippen molar-refractivity contribution >= 4 is 12.4 Å². The molecule has 0 amide bonds. The maximum atomic E-state index is 8.42. The third-order valence-electron chi connectivity index (χ3n) is 1.04. The molecule has 0 spiro atoms. The van der Waals surface area contributed by atoms with Crippen molar-refractivity contribution in [2.45, 2.75) is 32.7 Å². The summed E-state index contributed by atoms with van der Waals surface area (Å²) in [6, 6.07) is 2.11. The van der Waals surface area contributed by atoms with Crippen molar-refractivity contribution in [1.29, 1.82) is 5.26 Å². The Morgan fingerprint density at radius 1 is 1.50 bits per heavy atom. The van der Waals surface area contributed by atoms with Gasteiger partial charge < -0.3 is 5.73 Å². The standard InChI is InChI=1S/C9H14N2.ClH/c1-8(7-10)5-4-6-9(2,3)11;/h8H,5,11H2,1-3H3;1H. The van der Waals surface area contributed by atoms with E-state index in [1.54, 1.807) is 0 Å². The second-order valence-corrected chi connectivity index (χ2v) is 3.26. The zero-order valence-corrected chi connectivity index (χ0v) is 8.53. The minimum atomic E-state index is -0.435. The number of nitriles is 1. The summed E-state index contributed by atoms with van der Waals surface area (Å²) >= 11 is 0. The van der Waals surface area contributed by atoms with Gasteiger partial charge in [0, 0.05) is 6.42 Å². The van der Waals surface area contributed by atoms with E-state index < -0.39 is 5.54 Å². The summed E-state index contributed by atoms with van der Waals surface area (Å²) < 4.78 is 0. The van der Waals surface area contributed by atoms with Crippen LogP contribution in [-0.2, 0) is 0 Å². The lowest BCUT2D eigenvalue weighted by Crippen LogP contribution is -2.29. The Kier molecular flexibility index (Phi) is 6.80. The Morgan fingerprint density at radius 2 is 2.00 bits per heavy atom. The Balaban J connectivity index is 0. The van der Waals surface area contributed by atoms with Gasteiger partial charge in [0.25, 0.3) is 0 Å². The minimum absolute atomic E-state index is 0. The summed E-state index contributed by atoms with van der Waals surface area (Å²) in [6.45, 7) is 5.53. The predicted octanol–water partition coefficient (Wildman–Crippen LogP) is 1.70. The molecule has 3 heteroatoms. The lowest BCUT2D eigenvalue weighted by Gasteiger charge is -2.07. The van der Waals surface area contributed by atoms with Crippen molar-refractivity contribution in [3.63, 3.8) is 0 Å². The normalized spacial score (nSPS) is 11.6. The highest BCUT2D eigenvalue weighted by molar-refractivity contribution is 5.85. The number of nitrogens with two attached hydrogens (primary N) is 1. The van der Waals surface area contributed by atoms with E-state index in [0.29, 0.717) is 6.42 Å². The van der Waals surface area contributed by atoms with Gasteiger partial charge in [0.1, 0.15) is 0 Å². The molecular formula is C9H15ClN2. The first kappa shape index (κ1) is 13.9. The fraction of sp³-hybridized carbons (Fsp3) is 0.667. The molecule has 0 aliphatic heterocycles. The van der Waals surface area contributed by atoms with Crippen molar-refractivity contribution in [3.05, 3.63) is 0 Å². The molecule has 0 fully saturated rings. The summed E-state index contributed by atoms with van der Waals surface area (Å²) in [5, 5.41) is 8.42. The molecule has 0 heterocycles. The van der Waals surface area contributed by atoms with Crippen molar-refractivity contribution in [1.82, 2.24) is 0 Å². The Hall–Kier alpha value is -0.700. The van der Waals surface area contributed by atoms with Crippen LogP contribution in [0.5, 0.6) is 0 Å². The molecular weight excluding hydrogens is 172 g/mol. The van der Waals surface area contributed by atoms with Gasteiger partial charge in [-0.1, -0.05) is 5.92 Å². The molecule has 0 aromatic heterocycles. The fourth-order valence-corrected chi connectivity index (χ4v) is 0.478. The summed E-state index contributed by atoms with van der Waals surface area (Å²) in [5.74, 6) is 5.75. The Morgan fingerprint density at radius 3 is 2.33 bits per heavy atom. The lowest BCUT2D eigenvalue weighted by molar-refractivity contribution is 0.677. The molecule has 1 atom stereocenters. The van der Waals surface area contributed by atoms with Crippen LogP contribution in [-0.4, -0.2) is 5.54 Å². The maximum Gasteiger partial charge on any atom is 0.0719 e. The van der Waals surface area contributed by atoms with Crippen LogP contribution in [0.1, 0.15) is 27.2 Å². The number of rotatable bonds is 1. The molecule has 0 saturated heterocycles. The summed E-state index contributed by atoms with van der Waals surface area (Å²) in [4.78, 5) is 0. The summed E-state index contributed by atoms with van der Waals surface area (Å²) in [6.07, 6.45) is 0.608. The van der Waals surface area contributed by atoms with E-state index in [1.165, 1.54) is 0 Å². The van der Waals surface area contributed by atoms with E-state index in [-0.39, 0.29) is 18.3 Å². The largest absolute Gasteiger partial charge is 0.316 e. The molecule has 0 saturated carbocycles. The van der Waals surface area contributed by atoms with Gasteiger partial charge in [-0.3, -0.25) is 0 Å². The van der Waals surface area contributed by atoms with Gasteiger partial charge in [-0.05, 0) is 20.8 Å². The average Bonchev–Trinajstić information content (AvgIpc) is 1.85. The predicted molar refractivity (Wildman–Crippen MR) is 52.7 cm³/mol. The van der Waals surface area contributed by atoms with Gasteiger partial charge in [-0.25, -0.2) is 0 Å². The van der Waals surface area contributed by atoms with Gasteiger partial charge in [0.2, 0.25) is 0 Å². The second kappa shape index (κ2) is 5.89. The molecule has 1 unspecified atom stereocenters. The van der Waals surface area contributed by atoms with E-state index >= 15 is 0 Å². The van der Waals surface area contributed by atoms with Crippen LogP contribution in [0, 0.1) is 29.1 Å². The monoisotopic (exact) mass is 186 g/mol. The van der Waals surface area contributed by atoms with E-state index in [9.17, 15) is 0 Å². The van der Waals surface area contributed by atoms with Crippen molar-refractivity contribution in [3.8, 4) is 17.9 Å².